The average molecular weight is 267 g/mol. The van der Waals surface area contributed by atoms with E-state index in [1.54, 1.807) is 25.3 Å². The molecule has 18 heavy (non-hydrogen) atoms. The highest BCUT2D eigenvalue weighted by Gasteiger charge is 2.21. The number of rotatable bonds is 5. The summed E-state index contributed by atoms with van der Waals surface area (Å²) < 4.78 is 8.60. The average Bonchev–Trinajstić information content (AvgIpc) is 2.46. The molecule has 0 amide bonds. The number of aromatic nitrogens is 1. The quantitative estimate of drug-likeness (QED) is 0.656. The van der Waals surface area contributed by atoms with Gasteiger partial charge in [0.05, 0.1) is 18.0 Å². The van der Waals surface area contributed by atoms with Crippen molar-refractivity contribution in [1.82, 2.24) is 9.71 Å². The summed E-state index contributed by atoms with van der Waals surface area (Å²) in [6.07, 6.45) is 5.46. The Bertz CT molecular complexity index is 395. The first-order valence-electron chi connectivity index (χ1n) is 6.07. The molecule has 0 saturated heterocycles. The van der Waals surface area contributed by atoms with Gasteiger partial charge >= 0.3 is 0 Å². The Morgan fingerprint density at radius 2 is 2.22 bits per heavy atom. The lowest BCUT2D eigenvalue weighted by Gasteiger charge is -2.25. The fraction of sp³-hybridized carbons (Fsp3) is 0.583. The molecule has 0 radical (unpaired) electrons. The Labute approximate surface area is 111 Å². The smallest absolute Gasteiger partial charge is 0.228 e. The van der Waals surface area contributed by atoms with E-state index in [0.717, 1.165) is 30.6 Å². The molecule has 98 valence electrons. The third-order valence-electron chi connectivity index (χ3n) is 3.11. The monoisotopic (exact) mass is 267 g/mol. The van der Waals surface area contributed by atoms with E-state index in [1.807, 2.05) is 12.1 Å². The van der Waals surface area contributed by atoms with Gasteiger partial charge in [-0.2, -0.15) is 4.91 Å². The Morgan fingerprint density at radius 1 is 1.44 bits per heavy atom. The van der Waals surface area contributed by atoms with Gasteiger partial charge in [-0.3, -0.25) is 4.72 Å². The van der Waals surface area contributed by atoms with E-state index in [0.29, 0.717) is 11.9 Å². The van der Waals surface area contributed by atoms with Crippen LogP contribution in [0.25, 0.3) is 0 Å². The van der Waals surface area contributed by atoms with Crippen LogP contribution < -0.4 is 9.46 Å². The van der Waals surface area contributed by atoms with Gasteiger partial charge in [-0.1, -0.05) is 5.18 Å². The minimum atomic E-state index is 0.0148. The lowest BCUT2D eigenvalue weighted by atomic mass is 9.92. The van der Waals surface area contributed by atoms with Crippen molar-refractivity contribution >= 4 is 11.9 Å². The molecule has 0 atom stereocenters. The molecule has 0 unspecified atom stereocenters. The Kier molecular flexibility index (Phi) is 4.95. The maximum Gasteiger partial charge on any atom is 0.228 e. The largest absolute Gasteiger partial charge is 0.480 e. The number of nitrogens with one attached hydrogen (secondary N) is 1. The van der Waals surface area contributed by atoms with E-state index in [2.05, 4.69) is 14.9 Å². The van der Waals surface area contributed by atoms with Crippen LogP contribution in [0.4, 0.5) is 0 Å². The maximum absolute atomic E-state index is 10.4. The number of ether oxygens (including phenoxy) is 1. The third kappa shape index (κ3) is 3.43. The van der Waals surface area contributed by atoms with Crippen molar-refractivity contribution in [3.63, 3.8) is 0 Å². The minimum Gasteiger partial charge on any atom is -0.480 e. The van der Waals surface area contributed by atoms with Crippen LogP contribution in [0.3, 0.4) is 0 Å². The van der Waals surface area contributed by atoms with Crippen LogP contribution in [0.15, 0.2) is 28.4 Å². The van der Waals surface area contributed by atoms with Gasteiger partial charge in [-0.05, 0) is 49.8 Å². The van der Waals surface area contributed by atoms with Crippen LogP contribution in [-0.2, 0) is 0 Å². The summed E-state index contributed by atoms with van der Waals surface area (Å²) in [5.41, 5.74) is 0. The molecular weight excluding hydrogens is 250 g/mol. The van der Waals surface area contributed by atoms with E-state index < -0.39 is 0 Å². The Morgan fingerprint density at radius 3 is 2.89 bits per heavy atom. The zero-order chi connectivity index (χ0) is 12.8. The zero-order valence-electron chi connectivity index (χ0n) is 10.3. The number of methoxy groups -OCH3 is 1. The number of hydrogen-bond acceptors (Lipinski definition) is 6. The van der Waals surface area contributed by atoms with Crippen LogP contribution in [0.5, 0.6) is 5.88 Å². The van der Waals surface area contributed by atoms with Crippen molar-refractivity contribution in [2.24, 2.45) is 5.18 Å². The van der Waals surface area contributed by atoms with E-state index in [-0.39, 0.29) is 6.04 Å². The minimum absolute atomic E-state index is 0.0148. The van der Waals surface area contributed by atoms with Crippen molar-refractivity contribution in [2.45, 2.75) is 42.7 Å². The molecule has 0 aromatic carbocycles. The van der Waals surface area contributed by atoms with Crippen molar-refractivity contribution in [3.05, 3.63) is 23.2 Å². The van der Waals surface area contributed by atoms with Crippen LogP contribution in [0, 0.1) is 4.91 Å². The summed E-state index contributed by atoms with van der Waals surface area (Å²) in [6.45, 7) is 0. The lowest BCUT2D eigenvalue weighted by molar-refractivity contribution is 0.378. The molecule has 6 heteroatoms. The molecule has 1 saturated carbocycles. The van der Waals surface area contributed by atoms with Gasteiger partial charge < -0.3 is 4.74 Å². The molecule has 1 aromatic heterocycles. The summed E-state index contributed by atoms with van der Waals surface area (Å²) in [6, 6.07) is 4.31. The Balaban J connectivity index is 1.83. The highest BCUT2D eigenvalue weighted by Crippen LogP contribution is 2.28. The van der Waals surface area contributed by atoms with Crippen LogP contribution in [0.2, 0.25) is 0 Å². The molecule has 2 rings (SSSR count). The van der Waals surface area contributed by atoms with Crippen molar-refractivity contribution < 1.29 is 4.74 Å². The molecule has 1 heterocycles. The second-order valence-corrected chi connectivity index (χ2v) is 5.22. The summed E-state index contributed by atoms with van der Waals surface area (Å²) >= 11 is 1.54. The molecule has 5 nitrogen and oxygen atoms in total. The fourth-order valence-electron chi connectivity index (χ4n) is 2.05. The number of nitrogens with zero attached hydrogens (tertiary/aromatic N) is 2. The SMILES string of the molecule is COc1ncccc1SNC1CCC(N=O)CC1. The fourth-order valence-corrected chi connectivity index (χ4v) is 2.95. The zero-order valence-corrected chi connectivity index (χ0v) is 11.2. The number of hydrogen-bond donors (Lipinski definition) is 1. The molecule has 1 fully saturated rings. The Hall–Kier alpha value is -1.14. The molecular formula is C12H17N3O2S. The normalized spacial score (nSPS) is 23.6. The summed E-state index contributed by atoms with van der Waals surface area (Å²) in [7, 11) is 1.62. The molecule has 1 aliphatic carbocycles. The van der Waals surface area contributed by atoms with Crippen LogP contribution >= 0.6 is 11.9 Å². The van der Waals surface area contributed by atoms with Gasteiger partial charge in [0, 0.05) is 12.2 Å². The molecule has 1 aromatic rings. The first-order valence-corrected chi connectivity index (χ1v) is 6.89. The highest BCUT2D eigenvalue weighted by molar-refractivity contribution is 7.97. The standard InChI is InChI=1S/C12H17N3O2S/c1-17-12-11(3-2-8-13-12)18-15-10-6-4-9(14-16)5-7-10/h2-3,8-10,15H,4-7H2,1H3. The molecule has 1 aliphatic rings. The van der Waals surface area contributed by atoms with Gasteiger partial charge in [0.2, 0.25) is 5.88 Å². The summed E-state index contributed by atoms with van der Waals surface area (Å²) in [5, 5.41) is 3.11. The van der Waals surface area contributed by atoms with Gasteiger partial charge in [-0.15, -0.1) is 0 Å². The van der Waals surface area contributed by atoms with Gasteiger partial charge in [0.15, 0.2) is 0 Å². The van der Waals surface area contributed by atoms with Crippen molar-refractivity contribution in [3.8, 4) is 5.88 Å². The van der Waals surface area contributed by atoms with Crippen molar-refractivity contribution in [2.75, 3.05) is 7.11 Å². The molecule has 0 aliphatic heterocycles. The number of pyridine rings is 1. The van der Waals surface area contributed by atoms with Crippen LogP contribution in [-0.4, -0.2) is 24.2 Å². The predicted molar refractivity (Wildman–Crippen MR) is 71.6 cm³/mol. The van der Waals surface area contributed by atoms with E-state index in [9.17, 15) is 4.91 Å². The van der Waals surface area contributed by atoms with Crippen molar-refractivity contribution in [1.29, 1.82) is 0 Å². The lowest BCUT2D eigenvalue weighted by Crippen LogP contribution is -2.29. The van der Waals surface area contributed by atoms with E-state index in [1.165, 1.54) is 0 Å². The predicted octanol–water partition coefficient (Wildman–Crippen LogP) is 2.76. The molecule has 0 bridgehead atoms. The van der Waals surface area contributed by atoms with Gasteiger partial charge in [0.1, 0.15) is 0 Å². The van der Waals surface area contributed by atoms with E-state index >= 15 is 0 Å². The summed E-state index contributed by atoms with van der Waals surface area (Å²) in [5.74, 6) is 0.637. The highest BCUT2D eigenvalue weighted by atomic mass is 32.2. The summed E-state index contributed by atoms with van der Waals surface area (Å²) in [4.78, 5) is 15.6. The third-order valence-corrected chi connectivity index (χ3v) is 4.09. The van der Waals surface area contributed by atoms with E-state index in [4.69, 9.17) is 4.74 Å². The van der Waals surface area contributed by atoms with Gasteiger partial charge in [-0.25, -0.2) is 4.98 Å². The molecule has 1 N–H and O–H groups in total. The van der Waals surface area contributed by atoms with Gasteiger partial charge in [0.25, 0.3) is 0 Å². The first-order chi connectivity index (χ1) is 8.83. The second-order valence-electron chi connectivity index (χ2n) is 4.34. The topological polar surface area (TPSA) is 63.6 Å². The first kappa shape index (κ1) is 13.3. The molecule has 0 spiro atoms. The second kappa shape index (κ2) is 6.70. The van der Waals surface area contributed by atoms with Crippen LogP contribution in [0.1, 0.15) is 25.7 Å². The number of nitroso groups, excluding NO2 is 1. The maximum atomic E-state index is 10.4.